The summed E-state index contributed by atoms with van der Waals surface area (Å²) in [6.45, 7) is 1.45. The van der Waals surface area contributed by atoms with Gasteiger partial charge in [-0.3, -0.25) is 4.79 Å². The summed E-state index contributed by atoms with van der Waals surface area (Å²) in [5.74, 6) is 1.24. The minimum atomic E-state index is -0.158. The zero-order chi connectivity index (χ0) is 13.7. The monoisotopic (exact) mass is 258 g/mol. The molecule has 1 aromatic heterocycles. The number of rotatable bonds is 4. The first-order valence-corrected chi connectivity index (χ1v) is 5.74. The van der Waals surface area contributed by atoms with Crippen molar-refractivity contribution in [3.8, 4) is 11.6 Å². The number of nitrogens with zero attached hydrogens (tertiary/aromatic N) is 2. The number of hydrogen-bond donors (Lipinski definition) is 2. The molecule has 0 spiro atoms. The van der Waals surface area contributed by atoms with E-state index < -0.39 is 0 Å². The van der Waals surface area contributed by atoms with Crippen molar-refractivity contribution in [2.75, 3.05) is 17.7 Å². The Labute approximate surface area is 110 Å². The predicted octanol–water partition coefficient (Wildman–Crippen LogP) is 2.27. The van der Waals surface area contributed by atoms with Crippen LogP contribution in [0.1, 0.15) is 6.92 Å². The molecule has 2 rings (SSSR count). The van der Waals surface area contributed by atoms with Crippen LogP contribution >= 0.6 is 0 Å². The van der Waals surface area contributed by atoms with Gasteiger partial charge in [0.25, 0.3) is 0 Å². The van der Waals surface area contributed by atoms with E-state index in [0.29, 0.717) is 23.3 Å². The van der Waals surface area contributed by atoms with Crippen LogP contribution in [0.3, 0.4) is 0 Å². The first-order chi connectivity index (χ1) is 9.19. The molecule has 0 bridgehead atoms. The minimum absolute atomic E-state index is 0.158. The molecule has 0 atom stereocenters. The molecule has 0 saturated carbocycles. The Hall–Kier alpha value is -2.63. The smallest absolute Gasteiger partial charge is 0.225 e. The minimum Gasteiger partial charge on any atom is -0.437 e. The van der Waals surface area contributed by atoms with Crippen molar-refractivity contribution in [2.24, 2.45) is 0 Å². The van der Waals surface area contributed by atoms with Gasteiger partial charge in [-0.1, -0.05) is 12.1 Å². The van der Waals surface area contributed by atoms with Gasteiger partial charge >= 0.3 is 0 Å². The second-order valence-corrected chi connectivity index (χ2v) is 3.75. The Morgan fingerprint density at radius 3 is 2.79 bits per heavy atom. The molecule has 0 radical (unpaired) electrons. The highest BCUT2D eigenvalue weighted by molar-refractivity contribution is 5.90. The normalized spacial score (nSPS) is 9.79. The maximum absolute atomic E-state index is 11.1. The lowest BCUT2D eigenvalue weighted by Gasteiger charge is -2.10. The summed E-state index contributed by atoms with van der Waals surface area (Å²) >= 11 is 0. The quantitative estimate of drug-likeness (QED) is 0.879. The third-order valence-electron chi connectivity index (χ3n) is 2.27. The molecule has 0 aliphatic rings. The number of para-hydroxylation sites is 2. The van der Waals surface area contributed by atoms with E-state index in [2.05, 4.69) is 20.6 Å². The maximum atomic E-state index is 11.1. The molecular weight excluding hydrogens is 244 g/mol. The van der Waals surface area contributed by atoms with E-state index in [1.54, 1.807) is 31.4 Å². The summed E-state index contributed by atoms with van der Waals surface area (Å²) in [5, 5.41) is 5.53. The summed E-state index contributed by atoms with van der Waals surface area (Å²) in [7, 11) is 1.73. The zero-order valence-electron chi connectivity index (χ0n) is 10.7. The van der Waals surface area contributed by atoms with Gasteiger partial charge in [-0.25, -0.2) is 4.98 Å². The van der Waals surface area contributed by atoms with Crippen LogP contribution in [-0.2, 0) is 4.79 Å². The van der Waals surface area contributed by atoms with Crippen molar-refractivity contribution in [1.29, 1.82) is 0 Å². The van der Waals surface area contributed by atoms with Crippen LogP contribution in [0.15, 0.2) is 36.5 Å². The second-order valence-electron chi connectivity index (χ2n) is 3.75. The lowest BCUT2D eigenvalue weighted by molar-refractivity contribution is -0.114. The van der Waals surface area contributed by atoms with Gasteiger partial charge in [-0.05, 0) is 12.1 Å². The Bertz CT molecular complexity index is 586. The van der Waals surface area contributed by atoms with E-state index in [1.807, 2.05) is 12.1 Å². The van der Waals surface area contributed by atoms with E-state index in [9.17, 15) is 4.79 Å². The average molecular weight is 258 g/mol. The van der Waals surface area contributed by atoms with Crippen LogP contribution in [0, 0.1) is 0 Å². The fourth-order valence-electron chi connectivity index (χ4n) is 1.48. The van der Waals surface area contributed by atoms with Gasteiger partial charge in [0.2, 0.25) is 17.7 Å². The van der Waals surface area contributed by atoms with E-state index >= 15 is 0 Å². The molecule has 0 aliphatic heterocycles. The van der Waals surface area contributed by atoms with Crippen LogP contribution in [0.4, 0.5) is 11.6 Å². The Balaban J connectivity index is 2.24. The number of amides is 1. The Morgan fingerprint density at radius 2 is 2.05 bits per heavy atom. The molecule has 19 heavy (non-hydrogen) atoms. The van der Waals surface area contributed by atoms with E-state index in [0.717, 1.165) is 0 Å². The highest BCUT2D eigenvalue weighted by Crippen LogP contribution is 2.28. The van der Waals surface area contributed by atoms with Crippen molar-refractivity contribution in [3.05, 3.63) is 36.5 Å². The Morgan fingerprint density at radius 1 is 1.26 bits per heavy atom. The maximum Gasteiger partial charge on any atom is 0.225 e. The van der Waals surface area contributed by atoms with E-state index in [-0.39, 0.29) is 5.91 Å². The van der Waals surface area contributed by atoms with Crippen molar-refractivity contribution in [2.45, 2.75) is 6.92 Å². The standard InChI is InChI=1S/C13H14N4O2/c1-9(18)16-10-5-3-4-6-11(10)19-12-7-8-15-13(14-2)17-12/h3-8H,1-2H3,(H,16,18)(H,14,15,17). The molecule has 2 aromatic rings. The number of carbonyl (C=O) groups excluding carboxylic acids is 1. The van der Waals surface area contributed by atoms with Gasteiger partial charge in [-0.2, -0.15) is 4.98 Å². The summed E-state index contributed by atoms with van der Waals surface area (Å²) in [6.07, 6.45) is 1.59. The summed E-state index contributed by atoms with van der Waals surface area (Å²) in [4.78, 5) is 19.3. The van der Waals surface area contributed by atoms with Crippen molar-refractivity contribution >= 4 is 17.5 Å². The largest absolute Gasteiger partial charge is 0.437 e. The molecule has 1 heterocycles. The molecule has 0 saturated heterocycles. The van der Waals surface area contributed by atoms with E-state index in [4.69, 9.17) is 4.74 Å². The molecule has 6 heteroatoms. The van der Waals surface area contributed by atoms with Crippen molar-refractivity contribution < 1.29 is 9.53 Å². The van der Waals surface area contributed by atoms with Gasteiger partial charge < -0.3 is 15.4 Å². The lowest BCUT2D eigenvalue weighted by atomic mass is 10.3. The first-order valence-electron chi connectivity index (χ1n) is 5.74. The second kappa shape index (κ2) is 5.81. The Kier molecular flexibility index (Phi) is 3.92. The molecular formula is C13H14N4O2. The molecule has 1 amide bonds. The summed E-state index contributed by atoms with van der Waals surface area (Å²) in [5.41, 5.74) is 0.597. The molecule has 0 unspecified atom stereocenters. The summed E-state index contributed by atoms with van der Waals surface area (Å²) < 4.78 is 5.65. The van der Waals surface area contributed by atoms with Crippen LogP contribution in [0.25, 0.3) is 0 Å². The fourth-order valence-corrected chi connectivity index (χ4v) is 1.48. The van der Waals surface area contributed by atoms with Crippen LogP contribution < -0.4 is 15.4 Å². The third-order valence-corrected chi connectivity index (χ3v) is 2.27. The molecule has 2 N–H and O–H groups in total. The van der Waals surface area contributed by atoms with Crippen LogP contribution in [0.5, 0.6) is 11.6 Å². The number of ether oxygens (including phenoxy) is 1. The number of anilines is 2. The van der Waals surface area contributed by atoms with Gasteiger partial charge in [0.1, 0.15) is 0 Å². The average Bonchev–Trinajstić information content (AvgIpc) is 2.41. The molecule has 98 valence electrons. The van der Waals surface area contributed by atoms with Crippen LogP contribution in [-0.4, -0.2) is 22.9 Å². The zero-order valence-corrected chi connectivity index (χ0v) is 10.7. The number of nitrogens with one attached hydrogen (secondary N) is 2. The van der Waals surface area contributed by atoms with Gasteiger partial charge in [-0.15, -0.1) is 0 Å². The number of benzene rings is 1. The number of aromatic nitrogens is 2. The fraction of sp³-hybridized carbons (Fsp3) is 0.154. The first kappa shape index (κ1) is 12.8. The highest BCUT2D eigenvalue weighted by Gasteiger charge is 2.07. The van der Waals surface area contributed by atoms with Crippen LogP contribution in [0.2, 0.25) is 0 Å². The van der Waals surface area contributed by atoms with E-state index in [1.165, 1.54) is 6.92 Å². The molecule has 6 nitrogen and oxygen atoms in total. The predicted molar refractivity (Wildman–Crippen MR) is 72.4 cm³/mol. The summed E-state index contributed by atoms with van der Waals surface area (Å²) in [6, 6.07) is 8.80. The SMILES string of the molecule is CNc1nccc(Oc2ccccc2NC(C)=O)n1. The topological polar surface area (TPSA) is 76.1 Å². The number of carbonyl (C=O) groups is 1. The number of hydrogen-bond acceptors (Lipinski definition) is 5. The molecule has 0 aliphatic carbocycles. The van der Waals surface area contributed by atoms with Crippen molar-refractivity contribution in [1.82, 2.24) is 9.97 Å². The van der Waals surface area contributed by atoms with Gasteiger partial charge in [0, 0.05) is 26.2 Å². The van der Waals surface area contributed by atoms with Crippen molar-refractivity contribution in [3.63, 3.8) is 0 Å². The van der Waals surface area contributed by atoms with Gasteiger partial charge in [0.15, 0.2) is 5.75 Å². The highest BCUT2D eigenvalue weighted by atomic mass is 16.5. The lowest BCUT2D eigenvalue weighted by Crippen LogP contribution is -2.07. The third kappa shape index (κ3) is 3.41. The molecule has 1 aromatic carbocycles. The van der Waals surface area contributed by atoms with Gasteiger partial charge in [0.05, 0.1) is 5.69 Å². The molecule has 0 fully saturated rings.